The van der Waals surface area contributed by atoms with Gasteiger partial charge in [0.15, 0.2) is 0 Å². The lowest BCUT2D eigenvalue weighted by Gasteiger charge is -2.28. The molecule has 2 aliphatic carbocycles. The summed E-state index contributed by atoms with van der Waals surface area (Å²) in [4.78, 5) is 0. The van der Waals surface area contributed by atoms with Gasteiger partial charge in [-0.05, 0) is 121 Å². The van der Waals surface area contributed by atoms with E-state index in [1.165, 1.54) is 75.3 Å². The van der Waals surface area contributed by atoms with Crippen molar-refractivity contribution in [3.63, 3.8) is 0 Å². The Morgan fingerprint density at radius 2 is 0.895 bits per heavy atom. The number of hydrogen-bond donors (Lipinski definition) is 0. The van der Waals surface area contributed by atoms with E-state index >= 15 is 0 Å². The molecule has 0 bridgehead atoms. The van der Waals surface area contributed by atoms with Crippen LogP contribution in [0.3, 0.4) is 0 Å². The molecule has 0 saturated heterocycles. The van der Waals surface area contributed by atoms with Crippen LogP contribution in [-0.4, -0.2) is 0 Å². The first-order chi connectivity index (χ1) is 18.6. The monoisotopic (exact) mass is 498 g/mol. The van der Waals surface area contributed by atoms with Crippen LogP contribution in [0.2, 0.25) is 0 Å². The summed E-state index contributed by atoms with van der Waals surface area (Å²) in [7, 11) is 0. The van der Waals surface area contributed by atoms with Crippen molar-refractivity contribution in [2.24, 2.45) is 11.8 Å². The Bertz CT molecular complexity index is 1190. The van der Waals surface area contributed by atoms with Gasteiger partial charge in [0.05, 0.1) is 0 Å². The second kappa shape index (κ2) is 12.1. The standard InChI is InChI=1S/C38H42/c1-5-27-9-13-31(14-10-27)33-17-21-35(22-18-33)37-25-30(8-4)38(26-29(37)7-3)36-23-19-34(20-24-36)32-15-11-28(6-2)12-16-32/h3-4,17-28,31-32H,5-6,9-16H2,1-2H3. The summed E-state index contributed by atoms with van der Waals surface area (Å²) in [5.41, 5.74) is 9.11. The highest BCUT2D eigenvalue weighted by Gasteiger charge is 2.23. The first kappa shape index (κ1) is 26.4. The Hall–Kier alpha value is -3.22. The lowest BCUT2D eigenvalue weighted by atomic mass is 9.77. The molecular formula is C38H42. The highest BCUT2D eigenvalue weighted by atomic mass is 14.3. The molecule has 0 radical (unpaired) electrons. The van der Waals surface area contributed by atoms with Crippen molar-refractivity contribution in [1.82, 2.24) is 0 Å². The summed E-state index contributed by atoms with van der Waals surface area (Å²) >= 11 is 0. The van der Waals surface area contributed by atoms with Gasteiger partial charge >= 0.3 is 0 Å². The van der Waals surface area contributed by atoms with Crippen LogP contribution in [0, 0.1) is 36.5 Å². The molecule has 2 saturated carbocycles. The first-order valence-corrected chi connectivity index (χ1v) is 14.9. The minimum absolute atomic E-state index is 0.687. The Kier molecular flexibility index (Phi) is 8.40. The molecule has 0 heteroatoms. The van der Waals surface area contributed by atoms with Crippen LogP contribution >= 0.6 is 0 Å². The molecule has 0 spiro atoms. The molecule has 2 aliphatic rings. The fourth-order valence-corrected chi connectivity index (χ4v) is 6.99. The van der Waals surface area contributed by atoms with Gasteiger partial charge in [-0.25, -0.2) is 0 Å². The third-order valence-electron chi connectivity index (χ3n) is 9.70. The molecule has 0 amide bonds. The van der Waals surface area contributed by atoms with Gasteiger partial charge in [0.1, 0.15) is 0 Å². The SMILES string of the molecule is C#Cc1cc(-c2ccc(C3CCC(CC)CC3)cc2)c(C#C)cc1-c1ccc(C2CCC(CC)CC2)cc1. The molecule has 0 unspecified atom stereocenters. The predicted molar refractivity (Wildman–Crippen MR) is 163 cm³/mol. The van der Waals surface area contributed by atoms with E-state index in [2.05, 4.69) is 86.4 Å². The van der Waals surface area contributed by atoms with Gasteiger partial charge in [-0.15, -0.1) is 12.8 Å². The highest BCUT2D eigenvalue weighted by molar-refractivity contribution is 5.81. The maximum atomic E-state index is 6.04. The summed E-state index contributed by atoms with van der Waals surface area (Å²) in [5.74, 6) is 9.11. The van der Waals surface area contributed by atoms with Gasteiger partial charge in [-0.1, -0.05) is 87.1 Å². The maximum Gasteiger partial charge on any atom is 0.0328 e. The van der Waals surface area contributed by atoms with E-state index in [9.17, 15) is 0 Å². The first-order valence-electron chi connectivity index (χ1n) is 14.9. The fraction of sp³-hybridized carbons (Fsp3) is 0.421. The van der Waals surface area contributed by atoms with Crippen molar-refractivity contribution >= 4 is 0 Å². The lowest BCUT2D eigenvalue weighted by Crippen LogP contribution is -2.12. The van der Waals surface area contributed by atoms with Crippen molar-refractivity contribution < 1.29 is 0 Å². The van der Waals surface area contributed by atoms with Gasteiger partial charge in [-0.2, -0.15) is 0 Å². The van der Waals surface area contributed by atoms with E-state index in [1.54, 1.807) is 0 Å². The van der Waals surface area contributed by atoms with Gasteiger partial charge in [-0.3, -0.25) is 0 Å². The minimum Gasteiger partial charge on any atom is -0.115 e. The number of hydrogen-bond acceptors (Lipinski definition) is 0. The van der Waals surface area contributed by atoms with Crippen LogP contribution in [-0.2, 0) is 0 Å². The smallest absolute Gasteiger partial charge is 0.0328 e. The third-order valence-corrected chi connectivity index (χ3v) is 9.70. The zero-order chi connectivity index (χ0) is 26.5. The molecule has 0 nitrogen and oxygen atoms in total. The topological polar surface area (TPSA) is 0 Å². The van der Waals surface area contributed by atoms with Gasteiger partial charge in [0.25, 0.3) is 0 Å². The Morgan fingerprint density at radius 3 is 1.18 bits per heavy atom. The predicted octanol–water partition coefficient (Wildman–Crippen LogP) is 10.4. The third kappa shape index (κ3) is 5.62. The van der Waals surface area contributed by atoms with E-state index in [0.29, 0.717) is 11.8 Å². The van der Waals surface area contributed by atoms with Crippen LogP contribution < -0.4 is 0 Å². The number of terminal acetylenes is 2. The molecule has 5 rings (SSSR count). The molecule has 3 aromatic carbocycles. The second-order valence-electron chi connectivity index (χ2n) is 11.7. The minimum atomic E-state index is 0.687. The molecule has 0 heterocycles. The lowest BCUT2D eigenvalue weighted by molar-refractivity contribution is 0.319. The van der Waals surface area contributed by atoms with E-state index in [1.807, 2.05) is 0 Å². The number of benzene rings is 3. The average molecular weight is 499 g/mol. The van der Waals surface area contributed by atoms with E-state index < -0.39 is 0 Å². The molecule has 0 aliphatic heterocycles. The van der Waals surface area contributed by atoms with Gasteiger partial charge in [0, 0.05) is 11.1 Å². The molecule has 0 atom stereocenters. The summed E-state index contributed by atoms with van der Waals surface area (Å²) in [5, 5.41) is 0. The quantitative estimate of drug-likeness (QED) is 0.297. The number of rotatable bonds is 6. The van der Waals surface area contributed by atoms with Crippen LogP contribution in [0.25, 0.3) is 22.3 Å². The molecule has 2 fully saturated rings. The molecule has 0 aromatic heterocycles. The van der Waals surface area contributed by atoms with Gasteiger partial charge < -0.3 is 0 Å². The molecule has 0 N–H and O–H groups in total. The van der Waals surface area contributed by atoms with Crippen molar-refractivity contribution in [1.29, 1.82) is 0 Å². The van der Waals surface area contributed by atoms with Crippen molar-refractivity contribution in [3.05, 3.63) is 82.9 Å². The summed E-state index contributed by atoms with van der Waals surface area (Å²) < 4.78 is 0. The van der Waals surface area contributed by atoms with Crippen LogP contribution in [0.4, 0.5) is 0 Å². The van der Waals surface area contributed by atoms with Gasteiger partial charge in [0.2, 0.25) is 0 Å². The highest BCUT2D eigenvalue weighted by Crippen LogP contribution is 2.40. The molecular weight excluding hydrogens is 456 g/mol. The maximum absolute atomic E-state index is 6.04. The fourth-order valence-electron chi connectivity index (χ4n) is 6.99. The Labute approximate surface area is 231 Å². The molecule has 38 heavy (non-hydrogen) atoms. The molecule has 194 valence electrons. The summed E-state index contributed by atoms with van der Waals surface area (Å²) in [6, 6.07) is 22.4. The van der Waals surface area contributed by atoms with Crippen LogP contribution in [0.15, 0.2) is 60.7 Å². The Morgan fingerprint density at radius 1 is 0.553 bits per heavy atom. The van der Waals surface area contributed by atoms with Crippen LogP contribution in [0.1, 0.15) is 112 Å². The summed E-state index contributed by atoms with van der Waals surface area (Å²) in [6.45, 7) is 4.65. The zero-order valence-corrected chi connectivity index (χ0v) is 23.3. The van der Waals surface area contributed by atoms with E-state index in [-0.39, 0.29) is 0 Å². The summed E-state index contributed by atoms with van der Waals surface area (Å²) in [6.07, 6.45) is 25.4. The zero-order valence-electron chi connectivity index (χ0n) is 23.3. The van der Waals surface area contributed by atoms with Crippen molar-refractivity contribution in [2.75, 3.05) is 0 Å². The largest absolute Gasteiger partial charge is 0.115 e. The molecule has 3 aromatic rings. The average Bonchev–Trinajstić information content (AvgIpc) is 3.00. The van der Waals surface area contributed by atoms with E-state index in [4.69, 9.17) is 12.8 Å². The van der Waals surface area contributed by atoms with E-state index in [0.717, 1.165) is 45.2 Å². The second-order valence-corrected chi connectivity index (χ2v) is 11.7. The Balaban J connectivity index is 1.37. The van der Waals surface area contributed by atoms with Crippen molar-refractivity contribution in [3.8, 4) is 46.9 Å². The van der Waals surface area contributed by atoms with Crippen LogP contribution in [0.5, 0.6) is 0 Å². The normalized spacial score (nSPS) is 23.4. The van der Waals surface area contributed by atoms with Crippen molar-refractivity contribution in [2.45, 2.75) is 89.9 Å².